The molecule has 0 saturated heterocycles. The van der Waals surface area contributed by atoms with Gasteiger partial charge in [-0.25, -0.2) is 0 Å². The number of hydrogen-bond donors (Lipinski definition) is 0. The van der Waals surface area contributed by atoms with Gasteiger partial charge in [0.2, 0.25) is 11.8 Å². The zero-order valence-corrected chi connectivity index (χ0v) is 13.4. The molecule has 8 heteroatoms. The first-order valence-electron chi connectivity index (χ1n) is 6.87. The van der Waals surface area contributed by atoms with E-state index in [1.54, 1.807) is 32.5 Å². The minimum absolute atomic E-state index is 0.0516. The Labute approximate surface area is 128 Å². The fourth-order valence-electron chi connectivity index (χ4n) is 2.32. The van der Waals surface area contributed by atoms with Crippen LogP contribution in [0, 0.1) is 20.8 Å². The van der Waals surface area contributed by atoms with E-state index in [0.29, 0.717) is 28.7 Å². The SMILES string of the molecule is CC(=O)c1c(C)nn(CC(=O)N(C)Cc2noc(C)n2)c1C. The summed E-state index contributed by atoms with van der Waals surface area (Å²) in [4.78, 5) is 29.4. The number of amides is 1. The summed E-state index contributed by atoms with van der Waals surface area (Å²) in [6.45, 7) is 7.05. The molecule has 2 heterocycles. The first-order valence-corrected chi connectivity index (χ1v) is 6.87. The molecule has 118 valence electrons. The molecule has 0 aliphatic rings. The van der Waals surface area contributed by atoms with Crippen molar-refractivity contribution < 1.29 is 14.1 Å². The molecular formula is C14H19N5O3. The first-order chi connectivity index (χ1) is 10.3. The fourth-order valence-corrected chi connectivity index (χ4v) is 2.32. The van der Waals surface area contributed by atoms with Crippen molar-refractivity contribution in [1.29, 1.82) is 0 Å². The van der Waals surface area contributed by atoms with Crippen molar-refractivity contribution in [3.05, 3.63) is 28.7 Å². The van der Waals surface area contributed by atoms with Crippen molar-refractivity contribution in [2.24, 2.45) is 0 Å². The number of hydrogen-bond acceptors (Lipinski definition) is 6. The normalized spacial score (nSPS) is 10.8. The van der Waals surface area contributed by atoms with Gasteiger partial charge < -0.3 is 9.42 Å². The Morgan fingerprint density at radius 3 is 2.45 bits per heavy atom. The van der Waals surface area contributed by atoms with Crippen LogP contribution >= 0.6 is 0 Å². The molecule has 0 aliphatic carbocycles. The van der Waals surface area contributed by atoms with Crippen LogP contribution in [0.25, 0.3) is 0 Å². The highest BCUT2D eigenvalue weighted by molar-refractivity contribution is 5.96. The van der Waals surface area contributed by atoms with Gasteiger partial charge in [-0.2, -0.15) is 10.1 Å². The summed E-state index contributed by atoms with van der Waals surface area (Å²) in [5.41, 5.74) is 1.90. The summed E-state index contributed by atoms with van der Waals surface area (Å²) >= 11 is 0. The summed E-state index contributed by atoms with van der Waals surface area (Å²) in [5.74, 6) is 0.708. The van der Waals surface area contributed by atoms with Gasteiger partial charge in [-0.3, -0.25) is 14.3 Å². The summed E-state index contributed by atoms with van der Waals surface area (Å²) in [7, 11) is 1.66. The minimum atomic E-state index is -0.150. The van der Waals surface area contributed by atoms with E-state index in [0.717, 1.165) is 0 Å². The summed E-state index contributed by atoms with van der Waals surface area (Å²) in [5, 5.41) is 8.02. The largest absolute Gasteiger partial charge is 0.340 e. The third-order valence-electron chi connectivity index (χ3n) is 3.39. The monoisotopic (exact) mass is 305 g/mol. The van der Waals surface area contributed by atoms with Crippen LogP contribution in [0.1, 0.15) is 40.4 Å². The van der Waals surface area contributed by atoms with Crippen LogP contribution in [-0.2, 0) is 17.9 Å². The van der Waals surface area contributed by atoms with E-state index in [-0.39, 0.29) is 24.8 Å². The van der Waals surface area contributed by atoms with Crippen molar-refractivity contribution in [1.82, 2.24) is 24.8 Å². The molecule has 2 aromatic rings. The summed E-state index contributed by atoms with van der Waals surface area (Å²) in [6.07, 6.45) is 0. The lowest BCUT2D eigenvalue weighted by Gasteiger charge is -2.15. The number of Topliss-reactive ketones (excluding diaryl/α,β-unsaturated/α-hetero) is 1. The minimum Gasteiger partial charge on any atom is -0.340 e. The van der Waals surface area contributed by atoms with Crippen molar-refractivity contribution in [3.8, 4) is 0 Å². The molecule has 0 spiro atoms. The summed E-state index contributed by atoms with van der Waals surface area (Å²) < 4.78 is 6.42. The molecule has 1 amide bonds. The van der Waals surface area contributed by atoms with Crippen molar-refractivity contribution in [2.75, 3.05) is 7.05 Å². The van der Waals surface area contributed by atoms with Crippen LogP contribution in [0.4, 0.5) is 0 Å². The highest BCUT2D eigenvalue weighted by Gasteiger charge is 2.19. The third-order valence-corrected chi connectivity index (χ3v) is 3.39. The molecule has 2 aromatic heterocycles. The van der Waals surface area contributed by atoms with E-state index in [1.165, 1.54) is 11.8 Å². The maximum Gasteiger partial charge on any atom is 0.244 e. The highest BCUT2D eigenvalue weighted by Crippen LogP contribution is 2.14. The van der Waals surface area contributed by atoms with E-state index in [9.17, 15) is 9.59 Å². The predicted octanol–water partition coefficient (Wildman–Crippen LogP) is 1.05. The highest BCUT2D eigenvalue weighted by atomic mass is 16.5. The zero-order valence-electron chi connectivity index (χ0n) is 13.4. The van der Waals surface area contributed by atoms with Gasteiger partial charge in [0.1, 0.15) is 6.54 Å². The second kappa shape index (κ2) is 6.08. The Morgan fingerprint density at radius 1 is 1.27 bits per heavy atom. The topological polar surface area (TPSA) is 94.1 Å². The van der Waals surface area contributed by atoms with Gasteiger partial charge in [0.05, 0.1) is 17.8 Å². The van der Waals surface area contributed by atoms with Crippen LogP contribution in [-0.4, -0.2) is 43.6 Å². The molecule has 0 bridgehead atoms. The van der Waals surface area contributed by atoms with Crippen LogP contribution in [0.2, 0.25) is 0 Å². The lowest BCUT2D eigenvalue weighted by Crippen LogP contribution is -2.30. The van der Waals surface area contributed by atoms with Crippen LogP contribution in [0.3, 0.4) is 0 Å². The smallest absolute Gasteiger partial charge is 0.244 e. The Balaban J connectivity index is 2.08. The van der Waals surface area contributed by atoms with Gasteiger partial charge in [-0.1, -0.05) is 5.16 Å². The molecule has 2 rings (SSSR count). The number of aromatic nitrogens is 4. The van der Waals surface area contributed by atoms with Crippen LogP contribution < -0.4 is 0 Å². The van der Waals surface area contributed by atoms with Crippen molar-refractivity contribution in [2.45, 2.75) is 40.8 Å². The van der Waals surface area contributed by atoms with Crippen molar-refractivity contribution >= 4 is 11.7 Å². The molecule has 0 atom stereocenters. The Morgan fingerprint density at radius 2 is 1.95 bits per heavy atom. The Bertz CT molecular complexity index is 716. The van der Waals surface area contributed by atoms with Crippen molar-refractivity contribution in [3.63, 3.8) is 0 Å². The third kappa shape index (κ3) is 3.21. The molecule has 0 N–H and O–H groups in total. The molecule has 0 unspecified atom stereocenters. The van der Waals surface area contributed by atoms with Crippen LogP contribution in [0.5, 0.6) is 0 Å². The molecular weight excluding hydrogens is 286 g/mol. The molecule has 0 saturated carbocycles. The number of carbonyl (C=O) groups is 2. The molecule has 8 nitrogen and oxygen atoms in total. The van der Waals surface area contributed by atoms with E-state index >= 15 is 0 Å². The number of carbonyl (C=O) groups excluding carboxylic acids is 2. The van der Waals surface area contributed by atoms with Gasteiger partial charge in [-0.05, 0) is 20.8 Å². The number of likely N-dealkylation sites (N-methyl/N-ethyl adjacent to an activating group) is 1. The Hall–Kier alpha value is -2.51. The van der Waals surface area contributed by atoms with E-state index < -0.39 is 0 Å². The van der Waals surface area contributed by atoms with Gasteiger partial charge in [0.25, 0.3) is 0 Å². The van der Waals surface area contributed by atoms with Gasteiger partial charge in [0.15, 0.2) is 11.6 Å². The average Bonchev–Trinajstić information content (AvgIpc) is 2.93. The fraction of sp³-hybridized carbons (Fsp3) is 0.500. The lowest BCUT2D eigenvalue weighted by molar-refractivity contribution is -0.131. The van der Waals surface area contributed by atoms with Gasteiger partial charge >= 0.3 is 0 Å². The molecule has 22 heavy (non-hydrogen) atoms. The quantitative estimate of drug-likeness (QED) is 0.766. The standard InChI is InChI=1S/C14H19N5O3/c1-8-14(10(3)20)9(2)19(16-8)7-13(21)18(5)6-12-15-11(4)22-17-12/h6-7H2,1-5H3. The van der Waals surface area contributed by atoms with E-state index in [1.807, 2.05) is 0 Å². The molecule has 0 aromatic carbocycles. The second-order valence-electron chi connectivity index (χ2n) is 5.24. The number of aryl methyl sites for hydroxylation is 2. The zero-order chi connectivity index (χ0) is 16.4. The van der Waals surface area contributed by atoms with Gasteiger partial charge in [-0.15, -0.1) is 0 Å². The number of rotatable bonds is 5. The van der Waals surface area contributed by atoms with Crippen LogP contribution in [0.15, 0.2) is 4.52 Å². The predicted molar refractivity (Wildman–Crippen MR) is 77.2 cm³/mol. The molecule has 0 fully saturated rings. The second-order valence-corrected chi connectivity index (χ2v) is 5.24. The molecule has 0 aliphatic heterocycles. The first kappa shape index (κ1) is 15.9. The number of nitrogens with zero attached hydrogens (tertiary/aromatic N) is 5. The maximum absolute atomic E-state index is 12.3. The Kier molecular flexibility index (Phi) is 4.39. The maximum atomic E-state index is 12.3. The average molecular weight is 305 g/mol. The lowest BCUT2D eigenvalue weighted by atomic mass is 10.1. The van der Waals surface area contributed by atoms with E-state index in [4.69, 9.17) is 4.52 Å². The van der Waals surface area contributed by atoms with E-state index in [2.05, 4.69) is 15.2 Å². The molecule has 0 radical (unpaired) electrons. The van der Waals surface area contributed by atoms with Gasteiger partial charge in [0, 0.05) is 19.7 Å². The number of ketones is 1. The summed E-state index contributed by atoms with van der Waals surface area (Å²) in [6, 6.07) is 0.